The van der Waals surface area contributed by atoms with Gasteiger partial charge < -0.3 is 0 Å². The zero-order valence-corrected chi connectivity index (χ0v) is 11.8. The summed E-state index contributed by atoms with van der Waals surface area (Å²) in [6.07, 6.45) is 0. The summed E-state index contributed by atoms with van der Waals surface area (Å²) in [6, 6.07) is 16.3. The van der Waals surface area contributed by atoms with Gasteiger partial charge in [0.05, 0.1) is 0 Å². The highest BCUT2D eigenvalue weighted by Gasteiger charge is 2.16. The van der Waals surface area contributed by atoms with Gasteiger partial charge >= 0.3 is 0 Å². The fraction of sp³-hybridized carbons (Fsp3) is 0.211. The van der Waals surface area contributed by atoms with E-state index < -0.39 is 0 Å². The third-order valence-electron chi connectivity index (χ3n) is 3.03. The maximum Gasteiger partial charge on any atom is 0.0286 e. The lowest BCUT2D eigenvalue weighted by Crippen LogP contribution is -2.12. The van der Waals surface area contributed by atoms with E-state index in [1.165, 1.54) is 5.56 Å². The van der Waals surface area contributed by atoms with Crippen LogP contribution in [0.2, 0.25) is 0 Å². The highest BCUT2D eigenvalue weighted by Crippen LogP contribution is 2.25. The number of rotatable bonds is 0. The first kappa shape index (κ1) is 13.4. The van der Waals surface area contributed by atoms with E-state index in [1.807, 2.05) is 30.3 Å². The van der Waals surface area contributed by atoms with Crippen LogP contribution in [-0.4, -0.2) is 0 Å². The second kappa shape index (κ2) is 5.33. The van der Waals surface area contributed by atoms with Crippen molar-refractivity contribution in [2.75, 3.05) is 0 Å². The van der Waals surface area contributed by atoms with Gasteiger partial charge in [0.1, 0.15) is 0 Å². The zero-order chi connectivity index (χ0) is 13.9. The molecule has 0 aliphatic rings. The summed E-state index contributed by atoms with van der Waals surface area (Å²) in [4.78, 5) is 0. The molecular formula is C19H19. The van der Waals surface area contributed by atoms with Crippen LogP contribution in [0, 0.1) is 18.8 Å². The minimum Gasteiger partial charge on any atom is -0.0619 e. The molecule has 0 unspecified atom stereocenters. The second-order valence-corrected chi connectivity index (χ2v) is 5.74. The molecule has 0 nitrogen and oxygen atoms in total. The Hall–Kier alpha value is -2.00. The molecule has 2 aromatic carbocycles. The Morgan fingerprint density at radius 3 is 2.11 bits per heavy atom. The number of hydrogen-bond acceptors (Lipinski definition) is 0. The minimum absolute atomic E-state index is 0.114. The molecule has 19 heavy (non-hydrogen) atoms. The van der Waals surface area contributed by atoms with Crippen LogP contribution >= 0.6 is 0 Å². The topological polar surface area (TPSA) is 0 Å². The molecule has 0 fully saturated rings. The third kappa shape index (κ3) is 3.48. The average Bonchev–Trinajstić information content (AvgIpc) is 2.37. The summed E-state index contributed by atoms with van der Waals surface area (Å²) in [5.74, 6) is 6.51. The molecule has 2 rings (SSSR count). The van der Waals surface area contributed by atoms with Crippen molar-refractivity contribution in [3.63, 3.8) is 0 Å². The third-order valence-corrected chi connectivity index (χ3v) is 3.03. The molecule has 2 aromatic rings. The maximum absolute atomic E-state index is 3.88. The van der Waals surface area contributed by atoms with Crippen LogP contribution in [0.4, 0.5) is 0 Å². The lowest BCUT2D eigenvalue weighted by molar-refractivity contribution is 0.589. The highest BCUT2D eigenvalue weighted by molar-refractivity contribution is 5.48. The Morgan fingerprint density at radius 2 is 1.47 bits per heavy atom. The fourth-order valence-electron chi connectivity index (χ4n) is 1.97. The van der Waals surface area contributed by atoms with Gasteiger partial charge in [-0.25, -0.2) is 0 Å². The number of hydrogen-bond donors (Lipinski definition) is 0. The van der Waals surface area contributed by atoms with Gasteiger partial charge in [0.25, 0.3) is 0 Å². The fourth-order valence-corrected chi connectivity index (χ4v) is 1.97. The molecule has 0 N–H and O–H groups in total. The van der Waals surface area contributed by atoms with Crippen molar-refractivity contribution in [1.82, 2.24) is 0 Å². The van der Waals surface area contributed by atoms with Gasteiger partial charge in [-0.15, -0.1) is 0 Å². The van der Waals surface area contributed by atoms with Crippen LogP contribution in [0.1, 0.15) is 43.0 Å². The predicted octanol–water partition coefficient (Wildman–Crippen LogP) is 4.57. The Balaban J connectivity index is 2.37. The molecule has 0 heterocycles. The van der Waals surface area contributed by atoms with Gasteiger partial charge in [-0.2, -0.15) is 0 Å². The van der Waals surface area contributed by atoms with E-state index in [1.54, 1.807) is 0 Å². The summed E-state index contributed by atoms with van der Waals surface area (Å²) in [5, 5.41) is 0. The maximum atomic E-state index is 3.88. The van der Waals surface area contributed by atoms with Crippen molar-refractivity contribution < 1.29 is 0 Å². The van der Waals surface area contributed by atoms with Crippen molar-refractivity contribution in [3.05, 3.63) is 77.7 Å². The smallest absolute Gasteiger partial charge is 0.0286 e. The molecule has 0 aliphatic heterocycles. The van der Waals surface area contributed by atoms with Crippen molar-refractivity contribution >= 4 is 0 Å². The monoisotopic (exact) mass is 247 g/mol. The normalized spacial score (nSPS) is 10.7. The Bertz CT molecular complexity index is 614. The Kier molecular flexibility index (Phi) is 3.76. The standard InChI is InChI=1S/C19H19/c1-15-9-11-16(12-10-15)13-14-17-7-5-6-8-18(17)19(2,3)4/h5-12H,1H2,2-4H3. The van der Waals surface area contributed by atoms with Gasteiger partial charge in [-0.3, -0.25) is 0 Å². The summed E-state index contributed by atoms with van der Waals surface area (Å²) < 4.78 is 0. The van der Waals surface area contributed by atoms with E-state index in [2.05, 4.69) is 57.7 Å². The molecule has 0 spiro atoms. The van der Waals surface area contributed by atoms with E-state index in [-0.39, 0.29) is 5.41 Å². The first-order valence-electron chi connectivity index (χ1n) is 6.50. The number of benzene rings is 2. The van der Waals surface area contributed by atoms with Crippen LogP contribution in [-0.2, 0) is 5.41 Å². The van der Waals surface area contributed by atoms with E-state index in [0.717, 1.165) is 16.7 Å². The Labute approximate surface area is 116 Å². The van der Waals surface area contributed by atoms with Crippen LogP contribution in [0.15, 0.2) is 48.5 Å². The minimum atomic E-state index is 0.114. The molecule has 0 saturated carbocycles. The molecule has 0 aromatic heterocycles. The lowest BCUT2D eigenvalue weighted by Gasteiger charge is -2.20. The van der Waals surface area contributed by atoms with E-state index in [0.29, 0.717) is 0 Å². The van der Waals surface area contributed by atoms with E-state index >= 15 is 0 Å². The summed E-state index contributed by atoms with van der Waals surface area (Å²) in [6.45, 7) is 10.5. The summed E-state index contributed by atoms with van der Waals surface area (Å²) in [5.41, 5.74) is 4.55. The predicted molar refractivity (Wildman–Crippen MR) is 82.0 cm³/mol. The molecule has 0 aliphatic carbocycles. The van der Waals surface area contributed by atoms with Crippen molar-refractivity contribution in [2.24, 2.45) is 0 Å². The quantitative estimate of drug-likeness (QED) is 0.598. The largest absolute Gasteiger partial charge is 0.0619 e. The molecular weight excluding hydrogens is 228 g/mol. The summed E-state index contributed by atoms with van der Waals surface area (Å²) >= 11 is 0. The van der Waals surface area contributed by atoms with Gasteiger partial charge in [-0.05, 0) is 41.7 Å². The van der Waals surface area contributed by atoms with Gasteiger partial charge in [0.15, 0.2) is 0 Å². The molecule has 0 bridgehead atoms. The second-order valence-electron chi connectivity index (χ2n) is 5.74. The zero-order valence-electron chi connectivity index (χ0n) is 11.8. The van der Waals surface area contributed by atoms with Crippen LogP contribution in [0.25, 0.3) is 0 Å². The SMILES string of the molecule is [CH2]c1ccc(C#Cc2ccccc2C(C)(C)C)cc1. The molecule has 95 valence electrons. The van der Waals surface area contributed by atoms with Crippen LogP contribution in [0.3, 0.4) is 0 Å². The van der Waals surface area contributed by atoms with Crippen molar-refractivity contribution in [3.8, 4) is 11.8 Å². The van der Waals surface area contributed by atoms with Gasteiger partial charge in [0, 0.05) is 11.1 Å². The van der Waals surface area contributed by atoms with Crippen molar-refractivity contribution in [2.45, 2.75) is 26.2 Å². The molecule has 0 atom stereocenters. The average molecular weight is 247 g/mol. The summed E-state index contributed by atoms with van der Waals surface area (Å²) in [7, 11) is 0. The van der Waals surface area contributed by atoms with Gasteiger partial charge in [0.2, 0.25) is 0 Å². The highest BCUT2D eigenvalue weighted by atomic mass is 14.2. The lowest BCUT2D eigenvalue weighted by atomic mass is 9.84. The molecule has 0 heteroatoms. The Morgan fingerprint density at radius 1 is 0.842 bits per heavy atom. The molecule has 0 saturated heterocycles. The molecule has 1 radical (unpaired) electrons. The first-order valence-corrected chi connectivity index (χ1v) is 6.50. The first-order chi connectivity index (χ1) is 8.97. The van der Waals surface area contributed by atoms with E-state index in [9.17, 15) is 0 Å². The van der Waals surface area contributed by atoms with Crippen molar-refractivity contribution in [1.29, 1.82) is 0 Å². The van der Waals surface area contributed by atoms with Crippen LogP contribution in [0.5, 0.6) is 0 Å². The van der Waals surface area contributed by atoms with Gasteiger partial charge in [-0.1, -0.05) is 62.9 Å². The molecule has 0 amide bonds. The van der Waals surface area contributed by atoms with E-state index in [4.69, 9.17) is 0 Å². The van der Waals surface area contributed by atoms with Crippen LogP contribution < -0.4 is 0 Å².